The van der Waals surface area contributed by atoms with Crippen LogP contribution in [-0.4, -0.2) is 27.9 Å². The number of nitrogens with zero attached hydrogens (tertiary/aromatic N) is 1. The lowest BCUT2D eigenvalue weighted by atomic mass is 10.00. The number of aromatic carboxylic acids is 1. The van der Waals surface area contributed by atoms with Crippen molar-refractivity contribution in [2.45, 2.75) is 6.42 Å². The zero-order valence-corrected chi connectivity index (χ0v) is 12.1. The number of benzene rings is 2. The van der Waals surface area contributed by atoms with Gasteiger partial charge < -0.3 is 9.84 Å². The lowest BCUT2D eigenvalue weighted by molar-refractivity contribution is 0.0692. The van der Waals surface area contributed by atoms with Gasteiger partial charge in [0.15, 0.2) is 5.69 Å². The molecule has 0 spiro atoms. The first-order valence-electron chi connectivity index (χ1n) is 6.80. The number of carbonyl (C=O) groups is 1. The van der Waals surface area contributed by atoms with Crippen LogP contribution in [0.2, 0.25) is 5.02 Å². The predicted octanol–water partition coefficient (Wildman–Crippen LogP) is 3.52. The van der Waals surface area contributed by atoms with Gasteiger partial charge in [0.05, 0.1) is 17.1 Å². The number of hydrogen-bond acceptors (Lipinski definition) is 3. The molecule has 1 aliphatic heterocycles. The molecule has 5 nitrogen and oxygen atoms in total. The van der Waals surface area contributed by atoms with Crippen molar-refractivity contribution in [3.05, 3.63) is 46.6 Å². The molecule has 110 valence electrons. The Bertz CT molecular complexity index is 917. The van der Waals surface area contributed by atoms with Crippen molar-refractivity contribution in [3.63, 3.8) is 0 Å². The van der Waals surface area contributed by atoms with Crippen LogP contribution in [-0.2, 0) is 6.42 Å². The second-order valence-electron chi connectivity index (χ2n) is 5.18. The van der Waals surface area contributed by atoms with E-state index in [1.54, 1.807) is 12.1 Å². The summed E-state index contributed by atoms with van der Waals surface area (Å²) in [5, 5.41) is 16.8. The van der Waals surface area contributed by atoms with Crippen molar-refractivity contribution in [3.8, 4) is 16.9 Å². The normalized spacial score (nSPS) is 13.1. The Morgan fingerprint density at radius 3 is 3.00 bits per heavy atom. The van der Waals surface area contributed by atoms with E-state index in [9.17, 15) is 9.90 Å². The highest BCUT2D eigenvalue weighted by Gasteiger charge is 2.17. The van der Waals surface area contributed by atoms with Gasteiger partial charge in [0.2, 0.25) is 0 Å². The summed E-state index contributed by atoms with van der Waals surface area (Å²) in [5.74, 6) is -0.169. The number of rotatable bonds is 2. The summed E-state index contributed by atoms with van der Waals surface area (Å²) >= 11 is 6.35. The van der Waals surface area contributed by atoms with Crippen molar-refractivity contribution in [1.82, 2.24) is 10.2 Å². The minimum Gasteiger partial charge on any atom is -0.493 e. The number of carboxylic acids is 1. The molecule has 2 aromatic carbocycles. The van der Waals surface area contributed by atoms with Crippen molar-refractivity contribution < 1.29 is 14.6 Å². The molecule has 0 bridgehead atoms. The van der Waals surface area contributed by atoms with E-state index in [2.05, 4.69) is 10.2 Å². The molecule has 4 rings (SSSR count). The Morgan fingerprint density at radius 1 is 1.32 bits per heavy atom. The molecule has 6 heteroatoms. The predicted molar refractivity (Wildman–Crippen MR) is 82.7 cm³/mol. The topological polar surface area (TPSA) is 75.2 Å². The summed E-state index contributed by atoms with van der Waals surface area (Å²) < 4.78 is 5.50. The van der Waals surface area contributed by atoms with Gasteiger partial charge in [0.25, 0.3) is 0 Å². The molecule has 22 heavy (non-hydrogen) atoms. The van der Waals surface area contributed by atoms with Crippen LogP contribution >= 0.6 is 11.6 Å². The fraction of sp³-hybridized carbons (Fsp3) is 0.125. The third-order valence-corrected chi connectivity index (χ3v) is 4.17. The molecule has 0 amide bonds. The van der Waals surface area contributed by atoms with Crippen LogP contribution < -0.4 is 4.74 Å². The zero-order chi connectivity index (χ0) is 15.3. The van der Waals surface area contributed by atoms with E-state index in [-0.39, 0.29) is 5.69 Å². The van der Waals surface area contributed by atoms with Gasteiger partial charge in [-0.05, 0) is 35.4 Å². The Labute approximate surface area is 130 Å². The van der Waals surface area contributed by atoms with Crippen LogP contribution in [0.15, 0.2) is 30.3 Å². The quantitative estimate of drug-likeness (QED) is 0.759. The van der Waals surface area contributed by atoms with Crippen LogP contribution in [0, 0.1) is 0 Å². The Hall–Kier alpha value is -2.53. The molecule has 2 N–H and O–H groups in total. The standard InChI is InChI=1S/C16H11ClN2O3/c17-12-7-13-11(15(16(20)21)19-18-13)6-10(12)8-1-2-14-9(5-8)3-4-22-14/h1-2,5-7H,3-4H2,(H,18,19)(H,20,21). The Balaban J connectivity index is 1.92. The Kier molecular flexibility index (Phi) is 2.84. The average molecular weight is 315 g/mol. The molecule has 0 unspecified atom stereocenters. The average Bonchev–Trinajstić information content (AvgIpc) is 3.11. The van der Waals surface area contributed by atoms with Crippen LogP contribution in [0.4, 0.5) is 0 Å². The first kappa shape index (κ1) is 13.2. The maximum atomic E-state index is 11.2. The van der Waals surface area contributed by atoms with Gasteiger partial charge in [-0.3, -0.25) is 5.10 Å². The van der Waals surface area contributed by atoms with Crippen molar-refractivity contribution in [2.24, 2.45) is 0 Å². The second-order valence-corrected chi connectivity index (χ2v) is 5.58. The summed E-state index contributed by atoms with van der Waals surface area (Å²) in [4.78, 5) is 11.2. The third-order valence-electron chi connectivity index (χ3n) is 3.85. The highest BCUT2D eigenvalue weighted by molar-refractivity contribution is 6.34. The van der Waals surface area contributed by atoms with Gasteiger partial charge in [-0.1, -0.05) is 17.7 Å². The van der Waals surface area contributed by atoms with E-state index in [1.807, 2.05) is 18.2 Å². The van der Waals surface area contributed by atoms with Crippen molar-refractivity contribution in [2.75, 3.05) is 6.61 Å². The number of ether oxygens (including phenoxy) is 1. The number of nitrogens with one attached hydrogen (secondary N) is 1. The van der Waals surface area contributed by atoms with Gasteiger partial charge in [-0.2, -0.15) is 5.10 Å². The molecule has 0 fully saturated rings. The first-order valence-corrected chi connectivity index (χ1v) is 7.18. The number of halogens is 1. The fourth-order valence-electron chi connectivity index (χ4n) is 2.78. The highest BCUT2D eigenvalue weighted by atomic mass is 35.5. The number of carboxylic acid groups (broad SMARTS) is 1. The van der Waals surface area contributed by atoms with Gasteiger partial charge >= 0.3 is 5.97 Å². The molecular formula is C16H11ClN2O3. The van der Waals surface area contributed by atoms with Gasteiger partial charge in [0, 0.05) is 17.4 Å². The van der Waals surface area contributed by atoms with Crippen molar-refractivity contribution >= 4 is 28.5 Å². The number of H-pyrrole nitrogens is 1. The van der Waals surface area contributed by atoms with Gasteiger partial charge in [-0.15, -0.1) is 0 Å². The molecule has 0 saturated heterocycles. The molecule has 0 radical (unpaired) electrons. The number of fused-ring (bicyclic) bond motifs is 2. The number of aromatic nitrogens is 2. The van der Waals surface area contributed by atoms with Gasteiger partial charge in [-0.25, -0.2) is 4.79 Å². The third kappa shape index (κ3) is 1.94. The molecule has 0 saturated carbocycles. The summed E-state index contributed by atoms with van der Waals surface area (Å²) in [6.45, 7) is 0.691. The lowest BCUT2D eigenvalue weighted by Gasteiger charge is -2.07. The maximum absolute atomic E-state index is 11.2. The minimum atomic E-state index is -1.07. The highest BCUT2D eigenvalue weighted by Crippen LogP contribution is 2.36. The first-order chi connectivity index (χ1) is 10.6. The smallest absolute Gasteiger partial charge is 0.357 e. The largest absolute Gasteiger partial charge is 0.493 e. The van der Waals surface area contributed by atoms with Crippen LogP contribution in [0.1, 0.15) is 16.1 Å². The van der Waals surface area contributed by atoms with E-state index in [0.717, 1.165) is 28.9 Å². The van der Waals surface area contributed by atoms with Crippen LogP contribution in [0.5, 0.6) is 5.75 Å². The van der Waals surface area contributed by atoms with Crippen LogP contribution in [0.25, 0.3) is 22.0 Å². The van der Waals surface area contributed by atoms with E-state index in [1.165, 1.54) is 0 Å². The monoisotopic (exact) mass is 314 g/mol. The van der Waals surface area contributed by atoms with Crippen LogP contribution in [0.3, 0.4) is 0 Å². The van der Waals surface area contributed by atoms with E-state index in [4.69, 9.17) is 16.3 Å². The lowest BCUT2D eigenvalue weighted by Crippen LogP contribution is -1.96. The zero-order valence-electron chi connectivity index (χ0n) is 11.4. The molecule has 3 aromatic rings. The molecule has 0 atom stereocenters. The summed E-state index contributed by atoms with van der Waals surface area (Å²) in [6.07, 6.45) is 0.870. The van der Waals surface area contributed by atoms with Gasteiger partial charge in [0.1, 0.15) is 5.75 Å². The molecule has 1 aromatic heterocycles. The minimum absolute atomic E-state index is 0.00240. The fourth-order valence-corrected chi connectivity index (χ4v) is 3.05. The number of aromatic amines is 1. The molecular weight excluding hydrogens is 304 g/mol. The molecule has 0 aliphatic carbocycles. The molecule has 1 aliphatic rings. The SMILES string of the molecule is O=C(O)c1n[nH]c2cc(Cl)c(-c3ccc4c(c3)CCO4)cc12. The van der Waals surface area contributed by atoms with Crippen molar-refractivity contribution in [1.29, 1.82) is 0 Å². The van der Waals surface area contributed by atoms with E-state index in [0.29, 0.717) is 22.5 Å². The van der Waals surface area contributed by atoms with E-state index >= 15 is 0 Å². The summed E-state index contributed by atoms with van der Waals surface area (Å²) in [5.41, 5.74) is 3.47. The summed E-state index contributed by atoms with van der Waals surface area (Å²) in [7, 11) is 0. The Morgan fingerprint density at radius 2 is 2.18 bits per heavy atom. The maximum Gasteiger partial charge on any atom is 0.357 e. The van der Waals surface area contributed by atoms with E-state index < -0.39 is 5.97 Å². The number of hydrogen-bond donors (Lipinski definition) is 2. The molecule has 2 heterocycles. The second kappa shape index (κ2) is 4.74. The summed E-state index contributed by atoms with van der Waals surface area (Å²) in [6, 6.07) is 9.36.